The lowest BCUT2D eigenvalue weighted by Gasteiger charge is -2.22. The Labute approximate surface area is 148 Å². The molecule has 0 saturated carbocycles. The number of amides is 1. The Hall–Kier alpha value is -1.60. The minimum absolute atomic E-state index is 0.00971. The predicted octanol–water partition coefficient (Wildman–Crippen LogP) is 1.64. The van der Waals surface area contributed by atoms with E-state index in [1.807, 2.05) is 13.0 Å². The summed E-state index contributed by atoms with van der Waals surface area (Å²) < 4.78 is 5.55. The zero-order valence-electron chi connectivity index (χ0n) is 14.8. The molecule has 7 heteroatoms. The van der Waals surface area contributed by atoms with Gasteiger partial charge in [0.1, 0.15) is 6.54 Å². The average Bonchev–Trinajstić information content (AvgIpc) is 3.24. The number of carbonyl (C=O) groups is 1. The number of carbonyl (C=O) groups excluding carboxylic acids is 1. The summed E-state index contributed by atoms with van der Waals surface area (Å²) in [6, 6.07) is 4.14. The third-order valence-electron chi connectivity index (χ3n) is 4.01. The number of likely N-dealkylation sites (N-methyl/N-ethyl adjacent to an activating group) is 1. The van der Waals surface area contributed by atoms with Crippen molar-refractivity contribution in [2.75, 3.05) is 46.9 Å². The summed E-state index contributed by atoms with van der Waals surface area (Å²) in [7, 11) is 3.51. The summed E-state index contributed by atoms with van der Waals surface area (Å²) in [5, 5.41) is 5.48. The lowest BCUT2D eigenvalue weighted by atomic mass is 10.1. The summed E-state index contributed by atoms with van der Waals surface area (Å²) in [5.41, 5.74) is 0. The van der Waals surface area contributed by atoms with Crippen molar-refractivity contribution in [3.63, 3.8) is 0 Å². The van der Waals surface area contributed by atoms with Crippen molar-refractivity contribution in [3.8, 4) is 0 Å². The smallest absolute Gasteiger partial charge is 0.243 e. The molecule has 24 heavy (non-hydrogen) atoms. The Morgan fingerprint density at radius 1 is 1.54 bits per heavy atom. The van der Waals surface area contributed by atoms with Crippen LogP contribution in [0.25, 0.3) is 0 Å². The second-order valence-corrected chi connectivity index (χ2v) is 7.15. The molecule has 1 aromatic rings. The third kappa shape index (κ3) is 5.79. The molecule has 1 aliphatic heterocycles. The summed E-state index contributed by atoms with van der Waals surface area (Å²) in [5.74, 6) is 1.36. The maximum absolute atomic E-state index is 11.9. The number of nitrogens with one attached hydrogen (secondary N) is 1. The first-order valence-electron chi connectivity index (χ1n) is 8.43. The van der Waals surface area contributed by atoms with Crippen LogP contribution >= 0.6 is 11.3 Å². The molecule has 0 spiro atoms. The van der Waals surface area contributed by atoms with Crippen molar-refractivity contribution in [3.05, 3.63) is 22.4 Å². The highest BCUT2D eigenvalue weighted by Gasteiger charge is 2.25. The Kier molecular flexibility index (Phi) is 7.52. The van der Waals surface area contributed by atoms with Gasteiger partial charge in [-0.15, -0.1) is 11.3 Å². The molecule has 6 nitrogen and oxygen atoms in total. The van der Waals surface area contributed by atoms with E-state index in [0.29, 0.717) is 5.92 Å². The van der Waals surface area contributed by atoms with E-state index in [2.05, 4.69) is 26.7 Å². The Bertz CT molecular complexity index is 531. The van der Waals surface area contributed by atoms with Crippen LogP contribution in [0.5, 0.6) is 0 Å². The van der Waals surface area contributed by atoms with Gasteiger partial charge in [0, 0.05) is 44.6 Å². The van der Waals surface area contributed by atoms with Gasteiger partial charge in [-0.1, -0.05) is 6.07 Å². The first-order chi connectivity index (χ1) is 11.6. The second kappa shape index (κ2) is 9.64. The standard InChI is InChI=1S/C17H28N4O2S/c1-4-23-13-14-7-8-21(12-14)17(19-11-16(22)20(2)3)18-10-15-6-5-9-24-15/h5-6,9,14H,4,7-8,10-13H2,1-3H3,(H,18,19). The molecule has 0 bridgehead atoms. The molecule has 1 N–H and O–H groups in total. The first-order valence-corrected chi connectivity index (χ1v) is 9.31. The van der Waals surface area contributed by atoms with Gasteiger partial charge in [0.2, 0.25) is 5.91 Å². The van der Waals surface area contributed by atoms with Crippen LogP contribution in [0, 0.1) is 5.92 Å². The van der Waals surface area contributed by atoms with E-state index >= 15 is 0 Å². The molecule has 1 unspecified atom stereocenters. The summed E-state index contributed by atoms with van der Waals surface area (Å²) in [6.07, 6.45) is 1.10. The van der Waals surface area contributed by atoms with Gasteiger partial charge < -0.3 is 19.9 Å². The summed E-state index contributed by atoms with van der Waals surface area (Å²) >= 11 is 1.72. The van der Waals surface area contributed by atoms with E-state index in [1.54, 1.807) is 30.3 Å². The monoisotopic (exact) mass is 352 g/mol. The van der Waals surface area contributed by atoms with Crippen molar-refractivity contribution in [1.29, 1.82) is 0 Å². The fourth-order valence-electron chi connectivity index (χ4n) is 2.58. The molecule has 0 radical (unpaired) electrons. The molecule has 1 fully saturated rings. The number of aliphatic imine (C=N–C) groups is 1. The number of guanidine groups is 1. The zero-order chi connectivity index (χ0) is 17.4. The quantitative estimate of drug-likeness (QED) is 0.599. The van der Waals surface area contributed by atoms with Gasteiger partial charge in [0.25, 0.3) is 0 Å². The SMILES string of the molecule is CCOCC1CCN(C(=NCC(=O)N(C)C)NCc2cccs2)C1. The largest absolute Gasteiger partial charge is 0.381 e. The van der Waals surface area contributed by atoms with E-state index in [1.165, 1.54) is 4.88 Å². The van der Waals surface area contributed by atoms with Gasteiger partial charge in [-0.2, -0.15) is 0 Å². The second-order valence-electron chi connectivity index (χ2n) is 6.12. The van der Waals surface area contributed by atoms with Gasteiger partial charge in [0.05, 0.1) is 13.2 Å². The van der Waals surface area contributed by atoms with Crippen molar-refractivity contribution in [1.82, 2.24) is 15.1 Å². The fourth-order valence-corrected chi connectivity index (χ4v) is 3.22. The van der Waals surface area contributed by atoms with Crippen molar-refractivity contribution in [2.45, 2.75) is 19.9 Å². The molecule has 134 valence electrons. The Balaban J connectivity index is 1.96. The van der Waals surface area contributed by atoms with Crippen LogP contribution in [-0.4, -0.2) is 68.6 Å². The maximum Gasteiger partial charge on any atom is 0.243 e. The van der Waals surface area contributed by atoms with Crippen LogP contribution in [0.2, 0.25) is 0 Å². The predicted molar refractivity (Wildman–Crippen MR) is 98.3 cm³/mol. The van der Waals surface area contributed by atoms with Crippen LogP contribution < -0.4 is 5.32 Å². The van der Waals surface area contributed by atoms with E-state index in [4.69, 9.17) is 4.74 Å². The van der Waals surface area contributed by atoms with Crippen molar-refractivity contribution >= 4 is 23.2 Å². The molecule has 1 saturated heterocycles. The highest BCUT2D eigenvalue weighted by atomic mass is 32.1. The minimum atomic E-state index is 0.00971. The summed E-state index contributed by atoms with van der Waals surface area (Å²) in [4.78, 5) is 21.5. The van der Waals surface area contributed by atoms with Crippen LogP contribution in [0.15, 0.2) is 22.5 Å². The van der Waals surface area contributed by atoms with E-state index < -0.39 is 0 Å². The van der Waals surface area contributed by atoms with Crippen LogP contribution in [-0.2, 0) is 16.1 Å². The van der Waals surface area contributed by atoms with Crippen LogP contribution in [0.3, 0.4) is 0 Å². The first kappa shape index (κ1) is 18.7. The van der Waals surface area contributed by atoms with Gasteiger partial charge in [-0.05, 0) is 24.8 Å². The van der Waals surface area contributed by atoms with Crippen molar-refractivity contribution < 1.29 is 9.53 Å². The van der Waals surface area contributed by atoms with E-state index in [9.17, 15) is 4.79 Å². The third-order valence-corrected chi connectivity index (χ3v) is 4.88. The summed E-state index contributed by atoms with van der Waals surface area (Å²) in [6.45, 7) is 6.35. The molecule has 1 aromatic heterocycles. The molecular formula is C17H28N4O2S. The Morgan fingerprint density at radius 3 is 3.04 bits per heavy atom. The number of hydrogen-bond acceptors (Lipinski definition) is 4. The average molecular weight is 353 g/mol. The zero-order valence-corrected chi connectivity index (χ0v) is 15.6. The van der Waals surface area contributed by atoms with Gasteiger partial charge in [-0.3, -0.25) is 4.79 Å². The Morgan fingerprint density at radius 2 is 2.38 bits per heavy atom. The topological polar surface area (TPSA) is 57.2 Å². The lowest BCUT2D eigenvalue weighted by Crippen LogP contribution is -2.40. The molecule has 0 aromatic carbocycles. The molecule has 1 atom stereocenters. The molecule has 0 aliphatic carbocycles. The van der Waals surface area contributed by atoms with Crippen molar-refractivity contribution in [2.24, 2.45) is 10.9 Å². The van der Waals surface area contributed by atoms with Gasteiger partial charge in [0.15, 0.2) is 5.96 Å². The number of hydrogen-bond donors (Lipinski definition) is 1. The maximum atomic E-state index is 11.9. The molecule has 1 amide bonds. The van der Waals surface area contributed by atoms with Crippen LogP contribution in [0.1, 0.15) is 18.2 Å². The minimum Gasteiger partial charge on any atom is -0.381 e. The highest BCUT2D eigenvalue weighted by Crippen LogP contribution is 2.17. The van der Waals surface area contributed by atoms with Gasteiger partial charge >= 0.3 is 0 Å². The molecule has 2 heterocycles. The lowest BCUT2D eigenvalue weighted by molar-refractivity contribution is -0.127. The van der Waals surface area contributed by atoms with E-state index in [-0.39, 0.29) is 12.5 Å². The highest BCUT2D eigenvalue weighted by molar-refractivity contribution is 7.09. The fraction of sp³-hybridized carbons (Fsp3) is 0.647. The molecule has 2 rings (SSSR count). The number of nitrogens with zero attached hydrogens (tertiary/aromatic N) is 3. The number of rotatable bonds is 7. The number of thiophene rings is 1. The molecular weight excluding hydrogens is 324 g/mol. The number of likely N-dealkylation sites (tertiary alicyclic amines) is 1. The molecule has 1 aliphatic rings. The normalized spacial score (nSPS) is 18.0. The number of ether oxygens (including phenoxy) is 1. The van der Waals surface area contributed by atoms with E-state index in [0.717, 1.165) is 45.2 Å². The van der Waals surface area contributed by atoms with Gasteiger partial charge in [-0.25, -0.2) is 4.99 Å². The van der Waals surface area contributed by atoms with Crippen LogP contribution in [0.4, 0.5) is 0 Å².